The Labute approximate surface area is 106 Å². The molecule has 1 aliphatic heterocycles. The Morgan fingerprint density at radius 2 is 2.00 bits per heavy atom. The second-order valence-corrected chi connectivity index (χ2v) is 6.65. The van der Waals surface area contributed by atoms with Crippen molar-refractivity contribution in [1.82, 2.24) is 4.90 Å². The SMILES string of the molecule is CC1(C)CCC=C2C=C(N3CCCC3)CCC21. The molecule has 0 amide bonds. The molecule has 1 saturated heterocycles. The van der Waals surface area contributed by atoms with Crippen LogP contribution in [0.1, 0.15) is 52.4 Å². The highest BCUT2D eigenvalue weighted by Gasteiger charge is 2.36. The zero-order chi connectivity index (χ0) is 11.9. The summed E-state index contributed by atoms with van der Waals surface area (Å²) in [6, 6.07) is 0. The fourth-order valence-corrected chi connectivity index (χ4v) is 3.91. The lowest BCUT2D eigenvalue weighted by molar-refractivity contribution is 0.197. The molecule has 0 aromatic heterocycles. The molecule has 0 aromatic carbocycles. The summed E-state index contributed by atoms with van der Waals surface area (Å²) in [5, 5.41) is 0. The highest BCUT2D eigenvalue weighted by Crippen LogP contribution is 2.47. The van der Waals surface area contributed by atoms with Gasteiger partial charge in [0.25, 0.3) is 0 Å². The number of likely N-dealkylation sites (tertiary alicyclic amines) is 1. The van der Waals surface area contributed by atoms with E-state index in [1.807, 2.05) is 0 Å². The predicted octanol–water partition coefficient (Wildman–Crippen LogP) is 4.12. The first-order chi connectivity index (χ1) is 8.17. The van der Waals surface area contributed by atoms with Crippen LogP contribution in [0.2, 0.25) is 0 Å². The average Bonchev–Trinajstić information content (AvgIpc) is 2.81. The molecule has 0 bridgehead atoms. The van der Waals surface area contributed by atoms with Gasteiger partial charge in [-0.2, -0.15) is 0 Å². The Hall–Kier alpha value is -0.720. The van der Waals surface area contributed by atoms with Gasteiger partial charge in [-0.05, 0) is 61.5 Å². The molecule has 0 saturated carbocycles. The number of allylic oxidation sites excluding steroid dienone is 4. The first kappa shape index (κ1) is 11.4. The molecule has 2 aliphatic carbocycles. The van der Waals surface area contributed by atoms with Gasteiger partial charge in [0, 0.05) is 18.8 Å². The maximum absolute atomic E-state index is 2.62. The topological polar surface area (TPSA) is 3.24 Å². The first-order valence-electron chi connectivity index (χ1n) is 7.32. The molecule has 1 nitrogen and oxygen atoms in total. The standard InChI is InChI=1S/C16H25N/c1-16(2)9-5-6-13-12-14(7-8-15(13)16)17-10-3-4-11-17/h6,12,15H,3-5,7-11H2,1-2H3. The van der Waals surface area contributed by atoms with Gasteiger partial charge in [0.15, 0.2) is 0 Å². The minimum atomic E-state index is 0.525. The maximum Gasteiger partial charge on any atom is 0.0175 e. The van der Waals surface area contributed by atoms with Crippen LogP contribution in [0.5, 0.6) is 0 Å². The van der Waals surface area contributed by atoms with Crippen LogP contribution >= 0.6 is 0 Å². The van der Waals surface area contributed by atoms with Crippen molar-refractivity contribution in [2.45, 2.75) is 52.4 Å². The van der Waals surface area contributed by atoms with Crippen LogP contribution in [0.15, 0.2) is 23.4 Å². The second kappa shape index (κ2) is 4.19. The third kappa shape index (κ3) is 2.05. The van der Waals surface area contributed by atoms with Gasteiger partial charge in [0.1, 0.15) is 0 Å². The van der Waals surface area contributed by atoms with Crippen molar-refractivity contribution < 1.29 is 0 Å². The van der Waals surface area contributed by atoms with Crippen LogP contribution in [-0.4, -0.2) is 18.0 Å². The zero-order valence-electron chi connectivity index (χ0n) is 11.3. The molecule has 1 unspecified atom stereocenters. The maximum atomic E-state index is 2.62. The van der Waals surface area contributed by atoms with Crippen molar-refractivity contribution in [2.75, 3.05) is 13.1 Å². The number of hydrogen-bond acceptors (Lipinski definition) is 1. The van der Waals surface area contributed by atoms with Crippen LogP contribution in [0.25, 0.3) is 0 Å². The second-order valence-electron chi connectivity index (χ2n) is 6.65. The lowest BCUT2D eigenvalue weighted by atomic mass is 9.65. The summed E-state index contributed by atoms with van der Waals surface area (Å²) in [7, 11) is 0. The Kier molecular flexibility index (Phi) is 2.80. The molecule has 94 valence electrons. The quantitative estimate of drug-likeness (QED) is 0.656. The van der Waals surface area contributed by atoms with Gasteiger partial charge in [-0.15, -0.1) is 0 Å². The molecule has 0 radical (unpaired) electrons. The molecule has 3 aliphatic rings. The van der Waals surface area contributed by atoms with Crippen molar-refractivity contribution >= 4 is 0 Å². The van der Waals surface area contributed by atoms with E-state index in [0.29, 0.717) is 5.41 Å². The van der Waals surface area contributed by atoms with Crippen molar-refractivity contribution in [1.29, 1.82) is 0 Å². The summed E-state index contributed by atoms with van der Waals surface area (Å²) in [4.78, 5) is 2.62. The van der Waals surface area contributed by atoms with E-state index in [2.05, 4.69) is 30.9 Å². The molecule has 1 fully saturated rings. The van der Waals surface area contributed by atoms with Gasteiger partial charge < -0.3 is 4.90 Å². The number of nitrogens with zero attached hydrogens (tertiary/aromatic N) is 1. The lowest BCUT2D eigenvalue weighted by Crippen LogP contribution is -2.32. The third-order valence-corrected chi connectivity index (χ3v) is 5.05. The molecular weight excluding hydrogens is 206 g/mol. The van der Waals surface area contributed by atoms with Crippen LogP contribution < -0.4 is 0 Å². The smallest absolute Gasteiger partial charge is 0.0175 e. The molecule has 1 heteroatoms. The summed E-state index contributed by atoms with van der Waals surface area (Å²) in [6.45, 7) is 7.51. The lowest BCUT2D eigenvalue weighted by Gasteiger charge is -2.42. The normalized spacial score (nSPS) is 31.9. The van der Waals surface area contributed by atoms with E-state index >= 15 is 0 Å². The van der Waals surface area contributed by atoms with Gasteiger partial charge in [-0.25, -0.2) is 0 Å². The van der Waals surface area contributed by atoms with E-state index in [0.717, 1.165) is 5.92 Å². The summed E-state index contributed by atoms with van der Waals surface area (Å²) >= 11 is 0. The largest absolute Gasteiger partial charge is 0.375 e. The van der Waals surface area contributed by atoms with Crippen molar-refractivity contribution in [3.63, 3.8) is 0 Å². The number of fused-ring (bicyclic) bond motifs is 1. The molecular formula is C16H25N. The van der Waals surface area contributed by atoms with Gasteiger partial charge >= 0.3 is 0 Å². The van der Waals surface area contributed by atoms with Crippen LogP contribution in [-0.2, 0) is 0 Å². The van der Waals surface area contributed by atoms with E-state index < -0.39 is 0 Å². The minimum Gasteiger partial charge on any atom is -0.375 e. The Morgan fingerprint density at radius 3 is 2.76 bits per heavy atom. The zero-order valence-corrected chi connectivity index (χ0v) is 11.3. The highest BCUT2D eigenvalue weighted by atomic mass is 15.1. The van der Waals surface area contributed by atoms with Gasteiger partial charge in [0.2, 0.25) is 0 Å². The molecule has 0 N–H and O–H groups in total. The highest BCUT2D eigenvalue weighted by molar-refractivity contribution is 5.32. The predicted molar refractivity (Wildman–Crippen MR) is 72.7 cm³/mol. The summed E-state index contributed by atoms with van der Waals surface area (Å²) in [5.74, 6) is 0.822. The van der Waals surface area contributed by atoms with Gasteiger partial charge in [-0.1, -0.05) is 19.9 Å². The monoisotopic (exact) mass is 231 g/mol. The summed E-state index contributed by atoms with van der Waals surface area (Å²) < 4.78 is 0. The Morgan fingerprint density at radius 1 is 1.24 bits per heavy atom. The van der Waals surface area contributed by atoms with E-state index in [1.54, 1.807) is 11.3 Å². The summed E-state index contributed by atoms with van der Waals surface area (Å²) in [5.41, 5.74) is 3.80. The van der Waals surface area contributed by atoms with E-state index in [4.69, 9.17) is 0 Å². The van der Waals surface area contributed by atoms with Gasteiger partial charge in [-0.3, -0.25) is 0 Å². The van der Waals surface area contributed by atoms with Crippen LogP contribution in [0, 0.1) is 11.3 Å². The fraction of sp³-hybridized carbons (Fsp3) is 0.750. The molecule has 1 atom stereocenters. The number of hydrogen-bond donors (Lipinski definition) is 0. The first-order valence-corrected chi connectivity index (χ1v) is 7.32. The molecule has 17 heavy (non-hydrogen) atoms. The fourth-order valence-electron chi connectivity index (χ4n) is 3.91. The Balaban J connectivity index is 1.83. The van der Waals surface area contributed by atoms with Crippen molar-refractivity contribution in [3.05, 3.63) is 23.4 Å². The molecule has 3 rings (SSSR count). The third-order valence-electron chi connectivity index (χ3n) is 5.05. The van der Waals surface area contributed by atoms with E-state index in [-0.39, 0.29) is 0 Å². The van der Waals surface area contributed by atoms with Gasteiger partial charge in [0.05, 0.1) is 0 Å². The van der Waals surface area contributed by atoms with Crippen molar-refractivity contribution in [2.24, 2.45) is 11.3 Å². The van der Waals surface area contributed by atoms with E-state index in [9.17, 15) is 0 Å². The number of rotatable bonds is 1. The van der Waals surface area contributed by atoms with Crippen LogP contribution in [0.4, 0.5) is 0 Å². The van der Waals surface area contributed by atoms with Crippen LogP contribution in [0.3, 0.4) is 0 Å². The molecule has 1 heterocycles. The minimum absolute atomic E-state index is 0.525. The van der Waals surface area contributed by atoms with Crippen molar-refractivity contribution in [3.8, 4) is 0 Å². The molecule has 0 spiro atoms. The molecule has 0 aromatic rings. The Bertz CT molecular complexity index is 356. The summed E-state index contributed by atoms with van der Waals surface area (Å²) in [6.07, 6.45) is 13.2. The van der Waals surface area contributed by atoms with E-state index in [1.165, 1.54) is 51.6 Å². The average molecular weight is 231 g/mol.